The average Bonchev–Trinajstić information content (AvgIpc) is 3.14. The molecule has 2 aliphatic rings. The van der Waals surface area contributed by atoms with Crippen LogP contribution >= 0.6 is 0 Å². The van der Waals surface area contributed by atoms with Crippen molar-refractivity contribution in [1.29, 1.82) is 0 Å². The number of likely N-dealkylation sites (tertiary alicyclic amines) is 1. The van der Waals surface area contributed by atoms with Gasteiger partial charge < -0.3 is 4.57 Å². The number of imidazole rings is 1. The highest BCUT2D eigenvalue weighted by Crippen LogP contribution is 2.42. The fourth-order valence-corrected chi connectivity index (χ4v) is 5.33. The van der Waals surface area contributed by atoms with Gasteiger partial charge in [0.1, 0.15) is 0 Å². The first-order valence-electron chi connectivity index (χ1n) is 8.06. The van der Waals surface area contributed by atoms with E-state index < -0.39 is 10.0 Å². The zero-order chi connectivity index (χ0) is 16.8. The molecule has 0 aliphatic carbocycles. The van der Waals surface area contributed by atoms with Crippen molar-refractivity contribution in [3.8, 4) is 0 Å². The van der Waals surface area contributed by atoms with Gasteiger partial charge in [-0.2, -0.15) is 4.31 Å². The average molecular weight is 347 g/mol. The summed E-state index contributed by atoms with van der Waals surface area (Å²) in [6, 6.07) is 4.06. The van der Waals surface area contributed by atoms with Crippen molar-refractivity contribution in [2.75, 3.05) is 26.2 Å². The maximum Gasteiger partial charge on any atom is 0.262 e. The Morgan fingerprint density at radius 3 is 2.62 bits per heavy atom. The summed E-state index contributed by atoms with van der Waals surface area (Å²) >= 11 is 0. The largest absolute Gasteiger partial charge is 0.339 e. The highest BCUT2D eigenvalue weighted by molar-refractivity contribution is 7.89. The Hall–Kier alpha value is -1.77. The summed E-state index contributed by atoms with van der Waals surface area (Å²) in [5.74, 6) is 0. The van der Waals surface area contributed by atoms with Crippen molar-refractivity contribution in [2.24, 2.45) is 12.5 Å². The number of pyridine rings is 1. The van der Waals surface area contributed by atoms with E-state index in [0.29, 0.717) is 13.1 Å². The lowest BCUT2D eigenvalue weighted by Crippen LogP contribution is -2.59. The maximum atomic E-state index is 12.6. The molecule has 2 saturated heterocycles. The lowest BCUT2D eigenvalue weighted by atomic mass is 9.81. The Bertz CT molecular complexity index is 827. The van der Waals surface area contributed by atoms with E-state index in [9.17, 15) is 8.42 Å². The van der Waals surface area contributed by atoms with Crippen molar-refractivity contribution in [1.82, 2.24) is 23.7 Å². The maximum absolute atomic E-state index is 12.6. The van der Waals surface area contributed by atoms with Crippen LogP contribution in [0.3, 0.4) is 0 Å². The summed E-state index contributed by atoms with van der Waals surface area (Å²) in [5, 5.41) is 0.145. The minimum Gasteiger partial charge on any atom is -0.339 e. The Balaban J connectivity index is 1.39. The van der Waals surface area contributed by atoms with Crippen LogP contribution < -0.4 is 0 Å². The predicted molar refractivity (Wildman–Crippen MR) is 88.5 cm³/mol. The first-order valence-corrected chi connectivity index (χ1v) is 9.50. The number of aromatic nitrogens is 3. The van der Waals surface area contributed by atoms with Gasteiger partial charge in [-0.05, 0) is 30.7 Å². The van der Waals surface area contributed by atoms with E-state index in [1.54, 1.807) is 22.1 Å². The molecule has 128 valence electrons. The molecular formula is C16H21N5O2S. The van der Waals surface area contributed by atoms with Crippen LogP contribution in [0, 0.1) is 5.41 Å². The monoisotopic (exact) mass is 347 g/mol. The summed E-state index contributed by atoms with van der Waals surface area (Å²) in [5.41, 5.74) is 1.36. The molecule has 0 saturated carbocycles. The van der Waals surface area contributed by atoms with Crippen LogP contribution in [0.4, 0.5) is 0 Å². The van der Waals surface area contributed by atoms with Gasteiger partial charge in [-0.15, -0.1) is 0 Å². The van der Waals surface area contributed by atoms with Gasteiger partial charge in [-0.1, -0.05) is 0 Å². The van der Waals surface area contributed by atoms with Crippen molar-refractivity contribution in [3.05, 3.63) is 42.6 Å². The number of hydrogen-bond acceptors (Lipinski definition) is 5. The van der Waals surface area contributed by atoms with E-state index in [4.69, 9.17) is 0 Å². The SMILES string of the molecule is Cn1cnc(S(=O)(=O)N2CC3(CCN(Cc4ccncc4)C3)C2)c1. The molecule has 2 aromatic heterocycles. The number of nitrogens with zero attached hydrogens (tertiary/aromatic N) is 5. The number of sulfonamides is 1. The molecule has 4 rings (SSSR count). The van der Waals surface area contributed by atoms with Crippen LogP contribution in [0.15, 0.2) is 42.1 Å². The van der Waals surface area contributed by atoms with E-state index in [-0.39, 0.29) is 10.4 Å². The van der Waals surface area contributed by atoms with Gasteiger partial charge in [0, 0.05) is 57.2 Å². The Morgan fingerprint density at radius 2 is 1.96 bits per heavy atom. The van der Waals surface area contributed by atoms with E-state index in [0.717, 1.165) is 26.1 Å². The van der Waals surface area contributed by atoms with Gasteiger partial charge in [-0.3, -0.25) is 9.88 Å². The number of rotatable bonds is 4. The van der Waals surface area contributed by atoms with Gasteiger partial charge in [0.25, 0.3) is 10.0 Å². The third kappa shape index (κ3) is 2.74. The van der Waals surface area contributed by atoms with Crippen molar-refractivity contribution < 1.29 is 8.42 Å². The Labute approximate surface area is 142 Å². The Morgan fingerprint density at radius 1 is 1.21 bits per heavy atom. The molecule has 24 heavy (non-hydrogen) atoms. The van der Waals surface area contributed by atoms with Crippen LogP contribution in [-0.2, 0) is 23.6 Å². The summed E-state index contributed by atoms with van der Waals surface area (Å²) in [6.07, 6.45) is 7.75. The van der Waals surface area contributed by atoms with E-state index in [1.165, 1.54) is 11.9 Å². The minimum atomic E-state index is -3.45. The van der Waals surface area contributed by atoms with Gasteiger partial charge in [0.2, 0.25) is 0 Å². The van der Waals surface area contributed by atoms with Crippen LogP contribution in [-0.4, -0.2) is 58.3 Å². The first kappa shape index (κ1) is 15.7. The van der Waals surface area contributed by atoms with Crippen LogP contribution in [0.1, 0.15) is 12.0 Å². The summed E-state index contributed by atoms with van der Waals surface area (Å²) in [7, 11) is -1.67. The van der Waals surface area contributed by atoms with E-state index in [2.05, 4.69) is 14.9 Å². The number of hydrogen-bond donors (Lipinski definition) is 0. The third-order valence-electron chi connectivity index (χ3n) is 4.98. The Kier molecular flexibility index (Phi) is 3.70. The van der Waals surface area contributed by atoms with Crippen LogP contribution in [0.25, 0.3) is 0 Å². The van der Waals surface area contributed by atoms with Gasteiger partial charge in [0.15, 0.2) is 5.03 Å². The van der Waals surface area contributed by atoms with E-state index in [1.807, 2.05) is 24.5 Å². The van der Waals surface area contributed by atoms with Gasteiger partial charge in [-0.25, -0.2) is 13.4 Å². The fourth-order valence-electron chi connectivity index (χ4n) is 3.69. The second-order valence-electron chi connectivity index (χ2n) is 6.97. The molecule has 0 radical (unpaired) electrons. The lowest BCUT2D eigenvalue weighted by molar-refractivity contribution is 0.0768. The van der Waals surface area contributed by atoms with Crippen molar-refractivity contribution in [3.63, 3.8) is 0 Å². The fraction of sp³-hybridized carbons (Fsp3) is 0.500. The molecule has 0 amide bonds. The second kappa shape index (κ2) is 5.65. The molecule has 4 heterocycles. The molecule has 2 aliphatic heterocycles. The highest BCUT2D eigenvalue weighted by atomic mass is 32.2. The summed E-state index contributed by atoms with van der Waals surface area (Å²) < 4.78 is 28.4. The molecule has 0 bridgehead atoms. The zero-order valence-electron chi connectivity index (χ0n) is 13.7. The van der Waals surface area contributed by atoms with Crippen LogP contribution in [0.5, 0.6) is 0 Å². The predicted octanol–water partition coefficient (Wildman–Crippen LogP) is 0.712. The van der Waals surface area contributed by atoms with Crippen molar-refractivity contribution >= 4 is 10.0 Å². The summed E-state index contributed by atoms with van der Waals surface area (Å²) in [6.45, 7) is 4.05. The first-order chi connectivity index (χ1) is 11.5. The zero-order valence-corrected chi connectivity index (χ0v) is 14.5. The molecule has 0 N–H and O–H groups in total. The van der Waals surface area contributed by atoms with E-state index >= 15 is 0 Å². The molecule has 0 atom stereocenters. The summed E-state index contributed by atoms with van der Waals surface area (Å²) in [4.78, 5) is 10.4. The third-order valence-corrected chi connectivity index (χ3v) is 6.66. The molecular weight excluding hydrogens is 326 g/mol. The molecule has 1 spiro atoms. The smallest absolute Gasteiger partial charge is 0.262 e. The van der Waals surface area contributed by atoms with Crippen molar-refractivity contribution in [2.45, 2.75) is 18.0 Å². The quantitative estimate of drug-likeness (QED) is 0.815. The molecule has 0 aromatic carbocycles. The minimum absolute atomic E-state index is 0.106. The molecule has 8 heteroatoms. The molecule has 2 fully saturated rings. The molecule has 2 aromatic rings. The van der Waals surface area contributed by atoms with Gasteiger partial charge in [0.05, 0.1) is 6.33 Å². The van der Waals surface area contributed by atoms with Gasteiger partial charge >= 0.3 is 0 Å². The van der Waals surface area contributed by atoms with Crippen LogP contribution in [0.2, 0.25) is 0 Å². The molecule has 0 unspecified atom stereocenters. The lowest BCUT2D eigenvalue weighted by Gasteiger charge is -2.46. The second-order valence-corrected chi connectivity index (χ2v) is 8.85. The highest BCUT2D eigenvalue weighted by Gasteiger charge is 2.51. The topological polar surface area (TPSA) is 71.3 Å². The standard InChI is InChI=1S/C16H21N5O2S/c1-19-9-15(18-13-19)24(22,23)21-11-16(12-21)4-7-20(10-16)8-14-2-5-17-6-3-14/h2-3,5-6,9,13H,4,7-8,10-12H2,1H3. The normalized spacial score (nSPS) is 21.2. The molecule has 7 nitrogen and oxygen atoms in total. The number of aryl methyl sites for hydroxylation is 1.